The molecule has 1 aliphatic rings. The van der Waals surface area contributed by atoms with E-state index in [0.717, 1.165) is 44.9 Å². The Hall–Kier alpha value is 0.160. The molecule has 0 saturated heterocycles. The zero-order valence-electron chi connectivity index (χ0n) is 8.38. The van der Waals surface area contributed by atoms with Crippen molar-refractivity contribution >= 4 is 29.0 Å². The normalized spacial score (nSPS) is 29.9. The summed E-state index contributed by atoms with van der Waals surface area (Å²) in [6, 6.07) is 0.337. The van der Waals surface area contributed by atoms with Crippen LogP contribution in [0.2, 0.25) is 0 Å². The van der Waals surface area contributed by atoms with Crippen molar-refractivity contribution in [3.8, 4) is 0 Å². The average molecular weight is 311 g/mol. The topological polar surface area (TPSA) is 52.3 Å². The second kappa shape index (κ2) is 6.61. The molecule has 0 radical (unpaired) electrons. The second-order valence-electron chi connectivity index (χ2n) is 4.07. The van der Waals surface area contributed by atoms with Crippen LogP contribution in [0.5, 0.6) is 0 Å². The lowest BCUT2D eigenvalue weighted by atomic mass is 9.97. The van der Waals surface area contributed by atoms with Crippen LogP contribution < -0.4 is 5.73 Å². The fourth-order valence-electron chi connectivity index (χ4n) is 2.01. The lowest BCUT2D eigenvalue weighted by molar-refractivity contribution is -0.136. The Bertz CT molecular complexity index is 187. The Morgan fingerprint density at radius 2 is 1.71 bits per heavy atom. The van der Waals surface area contributed by atoms with Crippen molar-refractivity contribution in [3.05, 3.63) is 0 Å². The molecule has 0 spiro atoms. The minimum Gasteiger partial charge on any atom is -0.394 e. The van der Waals surface area contributed by atoms with Gasteiger partial charge < -0.3 is 8.80 Å². The summed E-state index contributed by atoms with van der Waals surface area (Å²) < 4.78 is 4.75. The third-order valence-corrected chi connectivity index (χ3v) is 3.35. The van der Waals surface area contributed by atoms with Crippen molar-refractivity contribution in [2.75, 3.05) is 0 Å². The van der Waals surface area contributed by atoms with E-state index in [2.05, 4.69) is 0 Å². The minimum atomic E-state index is -0.0546. The summed E-state index contributed by atoms with van der Waals surface area (Å²) in [6.07, 6.45) is 7.36. The van der Waals surface area contributed by atoms with Gasteiger partial charge in [0.25, 0.3) is 0 Å². The van der Waals surface area contributed by atoms with Crippen LogP contribution >= 0.6 is 23.0 Å². The van der Waals surface area contributed by atoms with Crippen LogP contribution in [0.4, 0.5) is 0 Å². The number of halogens is 1. The predicted molar refractivity (Wildman–Crippen MR) is 63.9 cm³/mol. The highest BCUT2D eigenvalue weighted by Crippen LogP contribution is 2.23. The van der Waals surface area contributed by atoms with Gasteiger partial charge in [-0.1, -0.05) is 19.3 Å². The van der Waals surface area contributed by atoms with Crippen molar-refractivity contribution in [1.29, 1.82) is 0 Å². The van der Waals surface area contributed by atoms with Gasteiger partial charge in [-0.15, -0.1) is 0 Å². The second-order valence-corrected chi connectivity index (χ2v) is 4.51. The van der Waals surface area contributed by atoms with Crippen LogP contribution in [0, 0.1) is 5.92 Å². The first kappa shape index (κ1) is 12.2. The van der Waals surface area contributed by atoms with E-state index in [1.165, 1.54) is 0 Å². The summed E-state index contributed by atoms with van der Waals surface area (Å²) in [5, 5.41) is 0. The van der Waals surface area contributed by atoms with E-state index < -0.39 is 0 Å². The van der Waals surface area contributed by atoms with E-state index in [1.54, 1.807) is 23.0 Å². The number of carbonyl (C=O) groups excluding carboxylic acids is 1. The van der Waals surface area contributed by atoms with Crippen LogP contribution in [0.3, 0.4) is 0 Å². The minimum absolute atomic E-state index is 0.0546. The summed E-state index contributed by atoms with van der Waals surface area (Å²) in [7, 11) is 0. The van der Waals surface area contributed by atoms with Gasteiger partial charge in [0.05, 0.1) is 5.92 Å². The Morgan fingerprint density at radius 3 is 2.43 bits per heavy atom. The van der Waals surface area contributed by atoms with Crippen LogP contribution in [0.15, 0.2) is 0 Å². The van der Waals surface area contributed by atoms with Crippen LogP contribution in [0.1, 0.15) is 44.9 Å². The third-order valence-electron chi connectivity index (χ3n) is 2.91. The predicted octanol–water partition coefficient (Wildman–Crippen LogP) is 2.57. The molecule has 1 saturated carbocycles. The van der Waals surface area contributed by atoms with Gasteiger partial charge >= 0.3 is 5.97 Å². The number of hydrogen-bond donors (Lipinski definition) is 1. The van der Waals surface area contributed by atoms with Gasteiger partial charge in [0.2, 0.25) is 0 Å². The monoisotopic (exact) mass is 311 g/mol. The van der Waals surface area contributed by atoms with Gasteiger partial charge in [-0.05, 0) is 25.7 Å². The number of rotatable bonds is 1. The maximum atomic E-state index is 11.4. The molecule has 4 heteroatoms. The number of nitrogens with two attached hydrogens (primary N) is 1. The molecule has 14 heavy (non-hydrogen) atoms. The van der Waals surface area contributed by atoms with Gasteiger partial charge in [-0.25, -0.2) is 0 Å². The SMILES string of the molecule is NC1CCCCC(C(=O)OI)CCC1. The van der Waals surface area contributed by atoms with Crippen molar-refractivity contribution in [2.24, 2.45) is 11.7 Å². The summed E-state index contributed by atoms with van der Waals surface area (Å²) in [5.41, 5.74) is 5.91. The molecule has 0 heterocycles. The molecule has 1 aliphatic carbocycles. The number of carbonyl (C=O) groups is 1. The van der Waals surface area contributed by atoms with E-state index in [9.17, 15) is 4.79 Å². The Kier molecular flexibility index (Phi) is 5.77. The largest absolute Gasteiger partial charge is 0.394 e. The van der Waals surface area contributed by atoms with Crippen molar-refractivity contribution < 1.29 is 7.86 Å². The van der Waals surface area contributed by atoms with E-state index in [1.807, 2.05) is 0 Å². The average Bonchev–Trinajstić information content (AvgIpc) is 2.29. The smallest absolute Gasteiger partial charge is 0.318 e. The van der Waals surface area contributed by atoms with Crippen molar-refractivity contribution in [3.63, 3.8) is 0 Å². The van der Waals surface area contributed by atoms with Gasteiger partial charge in [-0.3, -0.25) is 4.79 Å². The zero-order chi connectivity index (χ0) is 10.4. The maximum Gasteiger partial charge on any atom is 0.318 e. The van der Waals surface area contributed by atoms with E-state index in [-0.39, 0.29) is 11.9 Å². The standard InChI is InChI=1S/C10H18INO2/c11-14-10(13)8-4-1-2-6-9(12)7-3-5-8/h8-9H,1-7,12H2. The molecular weight excluding hydrogens is 293 g/mol. The Morgan fingerprint density at radius 1 is 1.14 bits per heavy atom. The molecule has 0 bridgehead atoms. The van der Waals surface area contributed by atoms with Crippen molar-refractivity contribution in [2.45, 2.75) is 51.0 Å². The lowest BCUT2D eigenvalue weighted by Gasteiger charge is -2.11. The maximum absolute atomic E-state index is 11.4. The Balaban J connectivity index is 2.40. The first-order valence-electron chi connectivity index (χ1n) is 5.32. The number of hydrogen-bond acceptors (Lipinski definition) is 3. The molecule has 2 atom stereocenters. The summed E-state index contributed by atoms with van der Waals surface area (Å²) >= 11 is 1.68. The summed E-state index contributed by atoms with van der Waals surface area (Å²) in [6.45, 7) is 0. The highest BCUT2D eigenvalue weighted by atomic mass is 127. The van der Waals surface area contributed by atoms with E-state index in [0.29, 0.717) is 6.04 Å². The van der Waals surface area contributed by atoms with Crippen LogP contribution in [-0.4, -0.2) is 12.0 Å². The molecule has 2 unspecified atom stereocenters. The molecule has 0 aromatic rings. The molecule has 3 nitrogen and oxygen atoms in total. The third kappa shape index (κ3) is 4.13. The van der Waals surface area contributed by atoms with Gasteiger partial charge in [-0.2, -0.15) is 0 Å². The highest BCUT2D eigenvalue weighted by molar-refractivity contribution is 14.1. The first-order valence-corrected chi connectivity index (χ1v) is 6.20. The Labute approximate surface area is 99.4 Å². The molecule has 2 N–H and O–H groups in total. The molecule has 1 fully saturated rings. The van der Waals surface area contributed by atoms with Crippen LogP contribution in [0.25, 0.3) is 0 Å². The van der Waals surface area contributed by atoms with E-state index >= 15 is 0 Å². The van der Waals surface area contributed by atoms with Crippen LogP contribution in [-0.2, 0) is 7.86 Å². The van der Waals surface area contributed by atoms with Gasteiger partial charge in [0.15, 0.2) is 23.0 Å². The molecule has 82 valence electrons. The lowest BCUT2D eigenvalue weighted by Crippen LogP contribution is -2.19. The summed E-state index contributed by atoms with van der Waals surface area (Å²) in [4.78, 5) is 11.4. The molecule has 0 aromatic heterocycles. The molecule has 1 rings (SSSR count). The molecule has 0 aromatic carbocycles. The molecule has 0 amide bonds. The zero-order valence-corrected chi connectivity index (χ0v) is 10.5. The first-order chi connectivity index (χ1) is 6.74. The van der Waals surface area contributed by atoms with E-state index in [4.69, 9.17) is 8.80 Å². The molecule has 0 aliphatic heterocycles. The highest BCUT2D eigenvalue weighted by Gasteiger charge is 2.20. The van der Waals surface area contributed by atoms with Gasteiger partial charge in [0, 0.05) is 6.04 Å². The molecular formula is C10H18INO2. The van der Waals surface area contributed by atoms with Crippen molar-refractivity contribution in [1.82, 2.24) is 0 Å². The fourth-order valence-corrected chi connectivity index (χ4v) is 2.37. The fraction of sp³-hybridized carbons (Fsp3) is 0.900. The quantitative estimate of drug-likeness (QED) is 0.757. The van der Waals surface area contributed by atoms with Gasteiger partial charge in [0.1, 0.15) is 0 Å². The summed E-state index contributed by atoms with van der Waals surface area (Å²) in [5.74, 6) is 0.0540.